The Morgan fingerprint density at radius 2 is 0.966 bits per heavy atom. The first-order chi connectivity index (χ1) is 13.9. The van der Waals surface area contributed by atoms with E-state index in [0.717, 1.165) is 5.69 Å². The number of hydrogen-bond acceptors (Lipinski definition) is 0. The Kier molecular flexibility index (Phi) is 6.44. The number of rotatable bonds is 3. The summed E-state index contributed by atoms with van der Waals surface area (Å²) in [5, 5.41) is 0. The van der Waals surface area contributed by atoms with Crippen molar-refractivity contribution in [2.45, 2.75) is 0 Å². The van der Waals surface area contributed by atoms with Crippen LogP contribution in [0.4, 0.5) is 17.3 Å². The molecule has 0 bridgehead atoms. The Labute approximate surface area is 167 Å². The molecule has 29 heavy (non-hydrogen) atoms. The highest BCUT2D eigenvalue weighted by Crippen LogP contribution is 2.24. The number of benzene rings is 3. The molecule has 0 amide bonds. The molecule has 0 aliphatic heterocycles. The van der Waals surface area contributed by atoms with Crippen molar-refractivity contribution < 1.29 is 21.8 Å². The van der Waals surface area contributed by atoms with Crippen molar-refractivity contribution >= 4 is 7.25 Å². The van der Waals surface area contributed by atoms with Crippen LogP contribution in [0.15, 0.2) is 109 Å². The van der Waals surface area contributed by atoms with Crippen LogP contribution >= 0.6 is 0 Å². The van der Waals surface area contributed by atoms with Crippen LogP contribution in [0.1, 0.15) is 0 Å². The van der Waals surface area contributed by atoms with Crippen molar-refractivity contribution in [3.63, 3.8) is 0 Å². The van der Waals surface area contributed by atoms with Crippen LogP contribution in [0.2, 0.25) is 0 Å². The molecule has 0 aliphatic carbocycles. The van der Waals surface area contributed by atoms with Crippen molar-refractivity contribution in [3.05, 3.63) is 109 Å². The van der Waals surface area contributed by atoms with E-state index in [1.807, 2.05) is 6.07 Å². The van der Waals surface area contributed by atoms with Gasteiger partial charge in [0.25, 0.3) is 0 Å². The zero-order valence-electron chi connectivity index (χ0n) is 15.4. The first-order valence-corrected chi connectivity index (χ1v) is 9.01. The van der Waals surface area contributed by atoms with Crippen LogP contribution in [0.5, 0.6) is 0 Å². The average Bonchev–Trinajstić information content (AvgIpc) is 2.74. The first kappa shape index (κ1) is 20.3. The predicted molar refractivity (Wildman–Crippen MR) is 109 cm³/mol. The molecule has 0 N–H and O–H groups in total. The summed E-state index contributed by atoms with van der Waals surface area (Å²) in [6, 6.07) is 35.9. The number of aromatic nitrogens is 1. The second-order valence-electron chi connectivity index (χ2n) is 6.23. The molecule has 0 fully saturated rings. The van der Waals surface area contributed by atoms with Gasteiger partial charge in [-0.15, -0.1) is 0 Å². The SMILES string of the molecule is F[B-](F)(F)F.c1ccc(-c2cc[n+](-c3ccccc3)c(-c3ccccc3)c2)cc1. The number of hydrogen-bond donors (Lipinski definition) is 0. The van der Waals surface area contributed by atoms with Gasteiger partial charge in [-0.1, -0.05) is 66.7 Å². The fraction of sp³-hybridized carbons (Fsp3) is 0. The molecule has 3 aromatic carbocycles. The van der Waals surface area contributed by atoms with Gasteiger partial charge in [-0.05, 0) is 23.3 Å². The Hall–Kier alpha value is -3.41. The van der Waals surface area contributed by atoms with E-state index in [-0.39, 0.29) is 0 Å². The van der Waals surface area contributed by atoms with E-state index in [2.05, 4.69) is 108 Å². The van der Waals surface area contributed by atoms with E-state index in [0.29, 0.717) is 0 Å². The van der Waals surface area contributed by atoms with Gasteiger partial charge in [0.15, 0.2) is 6.20 Å². The van der Waals surface area contributed by atoms with E-state index in [1.165, 1.54) is 22.4 Å². The largest absolute Gasteiger partial charge is 0.673 e. The Morgan fingerprint density at radius 1 is 0.517 bits per heavy atom. The lowest BCUT2D eigenvalue weighted by Crippen LogP contribution is -2.32. The fourth-order valence-corrected chi connectivity index (χ4v) is 2.96. The molecule has 0 radical (unpaired) electrons. The highest BCUT2D eigenvalue weighted by atomic mass is 19.5. The lowest BCUT2D eigenvalue weighted by molar-refractivity contribution is -0.583. The third-order valence-electron chi connectivity index (χ3n) is 4.17. The summed E-state index contributed by atoms with van der Waals surface area (Å²) in [6.45, 7) is 0. The summed E-state index contributed by atoms with van der Waals surface area (Å²) >= 11 is 0. The molecule has 4 rings (SSSR count). The maximum atomic E-state index is 9.75. The van der Waals surface area contributed by atoms with Gasteiger partial charge >= 0.3 is 7.25 Å². The van der Waals surface area contributed by atoms with Crippen LogP contribution in [0.3, 0.4) is 0 Å². The zero-order valence-corrected chi connectivity index (χ0v) is 15.4. The van der Waals surface area contributed by atoms with Gasteiger partial charge in [0.2, 0.25) is 11.4 Å². The molecule has 1 nitrogen and oxygen atoms in total. The Bertz CT molecular complexity index is 1030. The highest BCUT2D eigenvalue weighted by molar-refractivity contribution is 6.50. The predicted octanol–water partition coefficient (Wildman–Crippen LogP) is 6.60. The minimum atomic E-state index is -6.00. The van der Waals surface area contributed by atoms with Crippen molar-refractivity contribution in [3.8, 4) is 28.1 Å². The summed E-state index contributed by atoms with van der Waals surface area (Å²) < 4.78 is 41.2. The van der Waals surface area contributed by atoms with E-state index in [9.17, 15) is 17.3 Å². The van der Waals surface area contributed by atoms with Gasteiger partial charge in [0.05, 0.1) is 0 Å². The number of para-hydroxylation sites is 1. The normalized spacial score (nSPS) is 10.8. The minimum absolute atomic E-state index is 1.16. The summed E-state index contributed by atoms with van der Waals surface area (Å²) in [7, 11) is -6.00. The standard InChI is InChI=1S/C23H18N.BF4/c1-4-10-19(11-5-1)21-16-17-24(22-14-8-3-9-15-22)23(18-21)20-12-6-2-7-13-20;2-1(3,4)5/h1-18H;/q+1;-1. The Morgan fingerprint density at radius 3 is 1.48 bits per heavy atom. The lowest BCUT2D eigenvalue weighted by atomic mass is 10.0. The maximum Gasteiger partial charge on any atom is 0.673 e. The molecule has 0 saturated heterocycles. The molecular weight excluding hydrogens is 377 g/mol. The second-order valence-corrected chi connectivity index (χ2v) is 6.23. The quantitative estimate of drug-likeness (QED) is 0.209. The third-order valence-corrected chi connectivity index (χ3v) is 4.17. The molecule has 1 heterocycles. The van der Waals surface area contributed by atoms with Crippen molar-refractivity contribution in [2.75, 3.05) is 0 Å². The number of nitrogens with zero attached hydrogens (tertiary/aromatic N) is 1. The highest BCUT2D eigenvalue weighted by Gasteiger charge is 2.20. The fourth-order valence-electron chi connectivity index (χ4n) is 2.96. The van der Waals surface area contributed by atoms with Gasteiger partial charge in [0, 0.05) is 29.8 Å². The molecular formula is C23H18BF4N. The molecule has 0 saturated carbocycles. The van der Waals surface area contributed by atoms with Crippen molar-refractivity contribution in [2.24, 2.45) is 0 Å². The van der Waals surface area contributed by atoms with Crippen molar-refractivity contribution in [1.82, 2.24) is 0 Å². The van der Waals surface area contributed by atoms with E-state index >= 15 is 0 Å². The van der Waals surface area contributed by atoms with Crippen LogP contribution in [-0.4, -0.2) is 7.25 Å². The van der Waals surface area contributed by atoms with E-state index in [1.54, 1.807) is 0 Å². The smallest absolute Gasteiger partial charge is 0.418 e. The van der Waals surface area contributed by atoms with Crippen LogP contribution in [-0.2, 0) is 0 Å². The summed E-state index contributed by atoms with van der Waals surface area (Å²) in [5.74, 6) is 0. The molecule has 1 aromatic heterocycles. The van der Waals surface area contributed by atoms with Gasteiger partial charge in [-0.3, -0.25) is 0 Å². The molecule has 0 aliphatic rings. The average molecular weight is 395 g/mol. The third kappa shape index (κ3) is 6.04. The summed E-state index contributed by atoms with van der Waals surface area (Å²) in [5.41, 5.74) is 6.01. The lowest BCUT2D eigenvalue weighted by Gasteiger charge is -2.07. The van der Waals surface area contributed by atoms with Gasteiger partial charge in [-0.25, -0.2) is 0 Å². The molecule has 146 valence electrons. The van der Waals surface area contributed by atoms with E-state index < -0.39 is 7.25 Å². The molecule has 0 atom stereocenters. The molecule has 0 spiro atoms. The number of pyridine rings is 1. The summed E-state index contributed by atoms with van der Waals surface area (Å²) in [6.07, 6.45) is 2.15. The van der Waals surface area contributed by atoms with Gasteiger partial charge in [-0.2, -0.15) is 4.57 Å². The van der Waals surface area contributed by atoms with Crippen molar-refractivity contribution in [1.29, 1.82) is 0 Å². The van der Waals surface area contributed by atoms with Crippen LogP contribution < -0.4 is 4.57 Å². The Balaban J connectivity index is 0.000000431. The summed E-state index contributed by atoms with van der Waals surface area (Å²) in [4.78, 5) is 0. The van der Waals surface area contributed by atoms with Crippen LogP contribution in [0.25, 0.3) is 28.1 Å². The van der Waals surface area contributed by atoms with Gasteiger partial charge < -0.3 is 17.3 Å². The van der Waals surface area contributed by atoms with Gasteiger partial charge in [0.1, 0.15) is 0 Å². The second kappa shape index (κ2) is 9.19. The maximum absolute atomic E-state index is 9.75. The monoisotopic (exact) mass is 395 g/mol. The topological polar surface area (TPSA) is 3.88 Å². The molecule has 0 unspecified atom stereocenters. The molecule has 4 aromatic rings. The zero-order chi connectivity index (χ0) is 20.7. The van der Waals surface area contributed by atoms with E-state index in [4.69, 9.17) is 0 Å². The molecule has 6 heteroatoms. The first-order valence-electron chi connectivity index (χ1n) is 9.01. The minimum Gasteiger partial charge on any atom is -0.418 e. The van der Waals surface area contributed by atoms with Crippen LogP contribution in [0, 0.1) is 0 Å². The number of halogens is 4.